The van der Waals surface area contributed by atoms with Crippen molar-refractivity contribution < 1.29 is 9.84 Å². The molecule has 1 heterocycles. The number of aliphatic hydroxyl groups is 1. The Morgan fingerprint density at radius 2 is 2.31 bits per heavy atom. The molecular weight excluding hydrogens is 270 g/mol. The van der Waals surface area contributed by atoms with Crippen molar-refractivity contribution in [2.75, 3.05) is 13.2 Å². The zero-order chi connectivity index (χ0) is 11.8. The molecule has 3 nitrogen and oxygen atoms in total. The minimum Gasteiger partial charge on any atom is -0.393 e. The van der Waals surface area contributed by atoms with E-state index in [0.29, 0.717) is 6.42 Å². The molecule has 1 atom stereocenters. The average Bonchev–Trinajstić information content (AvgIpc) is 2.24. The van der Waals surface area contributed by atoms with E-state index in [0.717, 1.165) is 36.1 Å². The number of ether oxygens (including phenoxy) is 1. The molecule has 0 fully saturated rings. The molecule has 1 unspecified atom stereocenters. The van der Waals surface area contributed by atoms with Crippen LogP contribution < -0.4 is 0 Å². The lowest BCUT2D eigenvalue weighted by Gasteiger charge is -2.10. The van der Waals surface area contributed by atoms with Gasteiger partial charge in [-0.25, -0.2) is 0 Å². The molecule has 16 heavy (non-hydrogen) atoms. The Hall–Kier alpha value is -0.450. The summed E-state index contributed by atoms with van der Waals surface area (Å²) in [7, 11) is 0. The van der Waals surface area contributed by atoms with Crippen molar-refractivity contribution in [1.82, 2.24) is 4.98 Å². The van der Waals surface area contributed by atoms with Gasteiger partial charge in [-0.15, -0.1) is 0 Å². The number of nitrogens with zero attached hydrogens (tertiary/aromatic N) is 1. The third-order valence-electron chi connectivity index (χ3n) is 2.26. The predicted octanol–water partition coefficient (Wildman–Crippen LogP) is 2.56. The Bertz CT molecular complexity index is 307. The van der Waals surface area contributed by atoms with E-state index in [-0.39, 0.29) is 6.10 Å². The van der Waals surface area contributed by atoms with Crippen molar-refractivity contribution in [3.8, 4) is 0 Å². The van der Waals surface area contributed by atoms with Crippen LogP contribution in [0.1, 0.15) is 25.3 Å². The molecular formula is C12H18BrNO2. The van der Waals surface area contributed by atoms with Crippen molar-refractivity contribution in [3.05, 3.63) is 28.5 Å². The summed E-state index contributed by atoms with van der Waals surface area (Å²) in [5, 5.41) is 9.79. The van der Waals surface area contributed by atoms with Gasteiger partial charge in [0, 0.05) is 30.1 Å². The van der Waals surface area contributed by atoms with Gasteiger partial charge in [-0.3, -0.25) is 4.98 Å². The fourth-order valence-corrected chi connectivity index (χ4v) is 1.92. The summed E-state index contributed by atoms with van der Waals surface area (Å²) in [4.78, 5) is 4.06. The Kier molecular flexibility index (Phi) is 6.61. The Balaban J connectivity index is 2.25. The van der Waals surface area contributed by atoms with Gasteiger partial charge < -0.3 is 9.84 Å². The van der Waals surface area contributed by atoms with Crippen LogP contribution in [-0.4, -0.2) is 29.4 Å². The summed E-state index contributed by atoms with van der Waals surface area (Å²) >= 11 is 3.36. The van der Waals surface area contributed by atoms with Crippen molar-refractivity contribution in [3.63, 3.8) is 0 Å². The number of aromatic nitrogens is 1. The average molecular weight is 288 g/mol. The van der Waals surface area contributed by atoms with Crippen molar-refractivity contribution in [2.24, 2.45) is 0 Å². The molecule has 0 radical (unpaired) electrons. The molecule has 0 aliphatic heterocycles. The lowest BCUT2D eigenvalue weighted by Crippen LogP contribution is -2.11. The van der Waals surface area contributed by atoms with Gasteiger partial charge in [0.1, 0.15) is 0 Å². The van der Waals surface area contributed by atoms with E-state index in [1.807, 2.05) is 13.0 Å². The first-order valence-corrected chi connectivity index (χ1v) is 6.37. The minimum atomic E-state index is -0.309. The van der Waals surface area contributed by atoms with Crippen LogP contribution in [-0.2, 0) is 11.2 Å². The molecule has 1 aromatic heterocycles. The van der Waals surface area contributed by atoms with Crippen LogP contribution >= 0.6 is 15.9 Å². The van der Waals surface area contributed by atoms with E-state index >= 15 is 0 Å². The van der Waals surface area contributed by atoms with Gasteiger partial charge in [0.2, 0.25) is 0 Å². The first-order valence-electron chi connectivity index (χ1n) is 5.57. The predicted molar refractivity (Wildman–Crippen MR) is 67.4 cm³/mol. The number of aliphatic hydroxyl groups excluding tert-OH is 1. The molecule has 0 aromatic carbocycles. The van der Waals surface area contributed by atoms with Gasteiger partial charge in [-0.05, 0) is 53.7 Å². The van der Waals surface area contributed by atoms with Crippen LogP contribution in [0.5, 0.6) is 0 Å². The smallest absolute Gasteiger partial charge is 0.0582 e. The third kappa shape index (κ3) is 5.58. The molecule has 0 saturated carbocycles. The van der Waals surface area contributed by atoms with Crippen LogP contribution in [0, 0.1) is 0 Å². The highest BCUT2D eigenvalue weighted by Crippen LogP contribution is 2.12. The lowest BCUT2D eigenvalue weighted by atomic mass is 10.1. The van der Waals surface area contributed by atoms with Crippen molar-refractivity contribution >= 4 is 15.9 Å². The highest BCUT2D eigenvalue weighted by atomic mass is 79.9. The van der Waals surface area contributed by atoms with Crippen LogP contribution in [0.15, 0.2) is 22.9 Å². The van der Waals surface area contributed by atoms with Gasteiger partial charge in [-0.2, -0.15) is 0 Å². The summed E-state index contributed by atoms with van der Waals surface area (Å²) in [6, 6.07) is 1.98. The topological polar surface area (TPSA) is 42.4 Å². The normalized spacial score (nSPS) is 12.7. The van der Waals surface area contributed by atoms with Crippen molar-refractivity contribution in [1.29, 1.82) is 0 Å². The second-order valence-electron chi connectivity index (χ2n) is 3.71. The molecule has 1 N–H and O–H groups in total. The van der Waals surface area contributed by atoms with Crippen LogP contribution in [0.25, 0.3) is 0 Å². The number of rotatable bonds is 7. The number of hydrogen-bond acceptors (Lipinski definition) is 3. The molecule has 0 aliphatic carbocycles. The molecule has 0 amide bonds. The maximum absolute atomic E-state index is 9.79. The van der Waals surface area contributed by atoms with E-state index in [1.54, 1.807) is 12.4 Å². The van der Waals surface area contributed by atoms with Gasteiger partial charge >= 0.3 is 0 Å². The van der Waals surface area contributed by atoms with Gasteiger partial charge in [0.05, 0.1) is 6.10 Å². The number of halogens is 1. The Labute approximate surface area is 105 Å². The molecule has 1 rings (SSSR count). The maximum atomic E-state index is 9.79. The fraction of sp³-hybridized carbons (Fsp3) is 0.583. The van der Waals surface area contributed by atoms with Crippen molar-refractivity contribution in [2.45, 2.75) is 32.3 Å². The van der Waals surface area contributed by atoms with E-state index in [1.165, 1.54) is 0 Å². The van der Waals surface area contributed by atoms with Gasteiger partial charge in [0.25, 0.3) is 0 Å². The zero-order valence-electron chi connectivity index (χ0n) is 9.53. The highest BCUT2D eigenvalue weighted by molar-refractivity contribution is 9.10. The fourth-order valence-electron chi connectivity index (χ4n) is 1.51. The number of pyridine rings is 1. The largest absolute Gasteiger partial charge is 0.393 e. The van der Waals surface area contributed by atoms with E-state index in [9.17, 15) is 5.11 Å². The molecule has 0 bridgehead atoms. The molecule has 4 heteroatoms. The summed E-state index contributed by atoms with van der Waals surface area (Å²) in [6.45, 7) is 3.44. The minimum absolute atomic E-state index is 0.309. The zero-order valence-corrected chi connectivity index (χ0v) is 11.1. The quantitative estimate of drug-likeness (QED) is 0.784. The lowest BCUT2D eigenvalue weighted by molar-refractivity contribution is 0.114. The van der Waals surface area contributed by atoms with Gasteiger partial charge in [-0.1, -0.05) is 0 Å². The summed E-state index contributed by atoms with van der Waals surface area (Å²) in [5.74, 6) is 0. The third-order valence-corrected chi connectivity index (χ3v) is 2.70. The van der Waals surface area contributed by atoms with E-state index in [4.69, 9.17) is 4.74 Å². The first-order chi connectivity index (χ1) is 7.72. The Morgan fingerprint density at radius 3 is 3.00 bits per heavy atom. The van der Waals surface area contributed by atoms with Crippen LogP contribution in [0.2, 0.25) is 0 Å². The first kappa shape index (κ1) is 13.6. The Morgan fingerprint density at radius 1 is 1.50 bits per heavy atom. The van der Waals surface area contributed by atoms with Crippen LogP contribution in [0.4, 0.5) is 0 Å². The molecule has 1 aromatic rings. The van der Waals surface area contributed by atoms with E-state index < -0.39 is 0 Å². The number of hydrogen-bond donors (Lipinski definition) is 1. The molecule has 90 valence electrons. The van der Waals surface area contributed by atoms with Crippen LogP contribution in [0.3, 0.4) is 0 Å². The molecule has 0 spiro atoms. The van der Waals surface area contributed by atoms with E-state index in [2.05, 4.69) is 20.9 Å². The SMILES string of the molecule is CCOCCCC(O)Cc1cncc(Br)c1. The monoisotopic (exact) mass is 287 g/mol. The van der Waals surface area contributed by atoms with Gasteiger partial charge in [0.15, 0.2) is 0 Å². The molecule has 0 aliphatic rings. The summed E-state index contributed by atoms with van der Waals surface area (Å²) < 4.78 is 6.17. The molecule has 0 saturated heterocycles. The second-order valence-corrected chi connectivity index (χ2v) is 4.62. The summed E-state index contributed by atoms with van der Waals surface area (Å²) in [6.07, 6.45) is 5.54. The second kappa shape index (κ2) is 7.76. The standard InChI is InChI=1S/C12H18BrNO2/c1-2-16-5-3-4-12(15)7-10-6-11(13)9-14-8-10/h6,8-9,12,15H,2-5,7H2,1H3. The maximum Gasteiger partial charge on any atom is 0.0582 e. The summed E-state index contributed by atoms with van der Waals surface area (Å²) in [5.41, 5.74) is 1.05. The highest BCUT2D eigenvalue weighted by Gasteiger charge is 2.06.